The molecule has 0 fully saturated rings. The topological polar surface area (TPSA) is 88.9 Å². The number of sulfonamides is 1. The molecule has 1 unspecified atom stereocenters. The van der Waals surface area contributed by atoms with Crippen LogP contribution in [-0.2, 0) is 16.6 Å². The molecular weight excluding hydrogens is 386 g/mol. The van der Waals surface area contributed by atoms with Crippen LogP contribution in [0.5, 0.6) is 0 Å². The summed E-state index contributed by atoms with van der Waals surface area (Å²) in [5.74, 6) is 1.67. The van der Waals surface area contributed by atoms with Gasteiger partial charge in [-0.05, 0) is 51.0 Å². The second kappa shape index (κ2) is 9.37. The van der Waals surface area contributed by atoms with Crippen LogP contribution in [-0.4, -0.2) is 35.5 Å². The van der Waals surface area contributed by atoms with Gasteiger partial charge in [0.2, 0.25) is 10.0 Å². The van der Waals surface area contributed by atoms with E-state index in [-0.39, 0.29) is 10.9 Å². The number of aryl methyl sites for hydroxylation is 2. The molecule has 156 valence electrons. The maximum atomic E-state index is 12.4. The van der Waals surface area contributed by atoms with Crippen LogP contribution in [0.4, 0.5) is 5.82 Å². The number of fused-ring (bicyclic) bond motifs is 1. The van der Waals surface area contributed by atoms with Crippen molar-refractivity contribution in [2.24, 2.45) is 0 Å². The number of benzene rings is 1. The number of hydrogen-bond acceptors (Lipinski definition) is 5. The van der Waals surface area contributed by atoms with Crippen LogP contribution >= 0.6 is 0 Å². The first-order chi connectivity index (χ1) is 13.9. The van der Waals surface area contributed by atoms with Gasteiger partial charge in [0.1, 0.15) is 16.5 Å². The van der Waals surface area contributed by atoms with Gasteiger partial charge in [0.15, 0.2) is 0 Å². The lowest BCUT2D eigenvalue weighted by molar-refractivity contribution is 0.543. The molecule has 0 saturated carbocycles. The molecular formula is C21H29N5O2S. The molecule has 3 aromatic rings. The molecule has 29 heavy (non-hydrogen) atoms. The zero-order valence-corrected chi connectivity index (χ0v) is 18.0. The zero-order chi connectivity index (χ0) is 20.9. The van der Waals surface area contributed by atoms with E-state index < -0.39 is 10.0 Å². The molecule has 0 aliphatic rings. The molecule has 0 bridgehead atoms. The van der Waals surface area contributed by atoms with Crippen molar-refractivity contribution in [3.63, 3.8) is 0 Å². The van der Waals surface area contributed by atoms with Gasteiger partial charge in [-0.2, -0.15) is 0 Å². The molecule has 2 heterocycles. The number of anilines is 1. The zero-order valence-electron chi connectivity index (χ0n) is 17.2. The van der Waals surface area contributed by atoms with E-state index >= 15 is 0 Å². The van der Waals surface area contributed by atoms with Crippen molar-refractivity contribution in [2.75, 3.05) is 11.9 Å². The molecule has 0 aliphatic heterocycles. The third-order valence-electron chi connectivity index (χ3n) is 4.83. The van der Waals surface area contributed by atoms with Crippen LogP contribution in [0.1, 0.15) is 38.9 Å². The molecule has 3 rings (SSSR count). The van der Waals surface area contributed by atoms with E-state index in [4.69, 9.17) is 0 Å². The van der Waals surface area contributed by atoms with E-state index in [2.05, 4.69) is 30.6 Å². The van der Waals surface area contributed by atoms with E-state index in [9.17, 15) is 8.42 Å². The predicted molar refractivity (Wildman–Crippen MR) is 117 cm³/mol. The van der Waals surface area contributed by atoms with Crippen LogP contribution < -0.4 is 10.0 Å². The van der Waals surface area contributed by atoms with E-state index in [1.165, 1.54) is 6.20 Å². The summed E-state index contributed by atoms with van der Waals surface area (Å²) in [6.45, 7) is 7.50. The van der Waals surface area contributed by atoms with Gasteiger partial charge in [0.25, 0.3) is 0 Å². The fourth-order valence-corrected chi connectivity index (χ4v) is 4.62. The van der Waals surface area contributed by atoms with Crippen LogP contribution in [0.15, 0.2) is 47.5 Å². The van der Waals surface area contributed by atoms with Crippen LogP contribution in [0.3, 0.4) is 0 Å². The van der Waals surface area contributed by atoms with Gasteiger partial charge in [-0.25, -0.2) is 23.1 Å². The summed E-state index contributed by atoms with van der Waals surface area (Å²) in [5.41, 5.74) is 2.15. The first kappa shape index (κ1) is 21.3. The van der Waals surface area contributed by atoms with E-state index in [1.807, 2.05) is 39.0 Å². The fourth-order valence-electron chi connectivity index (χ4n) is 3.40. The highest BCUT2D eigenvalue weighted by Gasteiger charge is 2.17. The molecule has 0 spiro atoms. The monoisotopic (exact) mass is 415 g/mol. The number of imidazole rings is 1. The summed E-state index contributed by atoms with van der Waals surface area (Å²) in [7, 11) is -3.53. The lowest BCUT2D eigenvalue weighted by Crippen LogP contribution is -2.32. The summed E-state index contributed by atoms with van der Waals surface area (Å²) in [6, 6.07) is 11.3. The summed E-state index contributed by atoms with van der Waals surface area (Å²) in [6.07, 6.45) is 4.03. The van der Waals surface area contributed by atoms with Crippen molar-refractivity contribution in [1.82, 2.24) is 19.3 Å². The maximum Gasteiger partial charge on any atom is 0.242 e. The Morgan fingerprint density at radius 2 is 1.97 bits per heavy atom. The van der Waals surface area contributed by atoms with Crippen LogP contribution in [0.25, 0.3) is 11.0 Å². The second-order valence-corrected chi connectivity index (χ2v) is 8.98. The normalized spacial score (nSPS) is 12.9. The highest BCUT2D eigenvalue weighted by atomic mass is 32.2. The van der Waals surface area contributed by atoms with Crippen LogP contribution in [0, 0.1) is 6.92 Å². The minimum absolute atomic E-state index is 0.0921. The van der Waals surface area contributed by atoms with E-state index in [0.29, 0.717) is 5.82 Å². The number of aromatic nitrogens is 3. The Bertz CT molecular complexity index is 1040. The van der Waals surface area contributed by atoms with Gasteiger partial charge >= 0.3 is 0 Å². The van der Waals surface area contributed by atoms with Crippen molar-refractivity contribution < 1.29 is 8.42 Å². The summed E-state index contributed by atoms with van der Waals surface area (Å²) in [5, 5.41) is 3.25. The molecule has 1 atom stereocenters. The molecule has 8 heteroatoms. The quantitative estimate of drug-likeness (QED) is 0.493. The van der Waals surface area contributed by atoms with Crippen molar-refractivity contribution in [3.8, 4) is 0 Å². The summed E-state index contributed by atoms with van der Waals surface area (Å²) >= 11 is 0. The number of nitrogens with one attached hydrogen (secondary N) is 2. The first-order valence-corrected chi connectivity index (χ1v) is 11.5. The van der Waals surface area contributed by atoms with Gasteiger partial charge in [-0.1, -0.05) is 25.5 Å². The Balaban J connectivity index is 1.53. The molecule has 0 amide bonds. The fraction of sp³-hybridized carbons (Fsp3) is 0.429. The predicted octanol–water partition coefficient (Wildman–Crippen LogP) is 3.71. The smallest absolute Gasteiger partial charge is 0.242 e. The Kier molecular flexibility index (Phi) is 6.87. The number of para-hydroxylation sites is 2. The lowest BCUT2D eigenvalue weighted by Gasteiger charge is -2.13. The third-order valence-corrected chi connectivity index (χ3v) is 6.41. The molecule has 2 N–H and O–H groups in total. The number of rotatable bonds is 10. The average molecular weight is 416 g/mol. The summed E-state index contributed by atoms with van der Waals surface area (Å²) < 4.78 is 29.7. The van der Waals surface area contributed by atoms with E-state index in [0.717, 1.165) is 49.2 Å². The standard InChI is InChI=1S/C21H29N5O2S/c1-4-8-16(2)25-29(27,28)18-11-12-21(23-15-18)22-13-7-14-26-17(3)24-19-9-5-6-10-20(19)26/h5-6,9-12,15-16,25H,4,7-8,13-14H2,1-3H3,(H,22,23). The molecule has 0 saturated heterocycles. The van der Waals surface area contributed by atoms with E-state index in [1.54, 1.807) is 12.1 Å². The highest BCUT2D eigenvalue weighted by Crippen LogP contribution is 2.16. The number of nitrogens with zero attached hydrogens (tertiary/aromatic N) is 3. The van der Waals surface area contributed by atoms with Crippen molar-refractivity contribution >= 4 is 26.9 Å². The number of pyridine rings is 1. The molecule has 7 nitrogen and oxygen atoms in total. The van der Waals surface area contributed by atoms with Crippen molar-refractivity contribution in [1.29, 1.82) is 0 Å². The molecule has 0 aliphatic carbocycles. The van der Waals surface area contributed by atoms with Crippen LogP contribution in [0.2, 0.25) is 0 Å². The van der Waals surface area contributed by atoms with Gasteiger partial charge < -0.3 is 9.88 Å². The number of hydrogen-bond donors (Lipinski definition) is 2. The van der Waals surface area contributed by atoms with Gasteiger partial charge in [0, 0.05) is 25.3 Å². The molecule has 2 aromatic heterocycles. The highest BCUT2D eigenvalue weighted by molar-refractivity contribution is 7.89. The maximum absolute atomic E-state index is 12.4. The Morgan fingerprint density at radius 3 is 2.69 bits per heavy atom. The average Bonchev–Trinajstić information content (AvgIpc) is 3.00. The minimum Gasteiger partial charge on any atom is -0.370 e. The Morgan fingerprint density at radius 1 is 1.17 bits per heavy atom. The van der Waals surface area contributed by atoms with Crippen molar-refractivity contribution in [2.45, 2.75) is 57.5 Å². The van der Waals surface area contributed by atoms with Gasteiger partial charge in [0.05, 0.1) is 11.0 Å². The van der Waals surface area contributed by atoms with Gasteiger partial charge in [-0.3, -0.25) is 0 Å². The summed E-state index contributed by atoms with van der Waals surface area (Å²) in [4.78, 5) is 9.02. The lowest BCUT2D eigenvalue weighted by atomic mass is 10.2. The minimum atomic E-state index is -3.53. The van der Waals surface area contributed by atoms with Gasteiger partial charge in [-0.15, -0.1) is 0 Å². The first-order valence-electron chi connectivity index (χ1n) is 10.0. The van der Waals surface area contributed by atoms with Crippen molar-refractivity contribution in [3.05, 3.63) is 48.4 Å². The second-order valence-electron chi connectivity index (χ2n) is 7.27. The third kappa shape index (κ3) is 5.33. The Hall–Kier alpha value is -2.45. The molecule has 0 radical (unpaired) electrons. The largest absolute Gasteiger partial charge is 0.370 e. The molecule has 1 aromatic carbocycles. The SMILES string of the molecule is CCCC(C)NS(=O)(=O)c1ccc(NCCCn2c(C)nc3ccccc32)nc1. The Labute approximate surface area is 172 Å².